The van der Waals surface area contributed by atoms with Gasteiger partial charge in [-0.3, -0.25) is 0 Å². The number of anilines is 2. The van der Waals surface area contributed by atoms with E-state index in [9.17, 15) is 4.39 Å². The molecule has 0 aliphatic carbocycles. The number of nitrogens with one attached hydrogen (secondary N) is 1. The SMILES string of the molecule is COc1cc(NCCc2ccc(F)cc2)nc(N)n1. The van der Waals surface area contributed by atoms with Crippen molar-refractivity contribution in [1.29, 1.82) is 0 Å². The molecule has 2 rings (SSSR count). The van der Waals surface area contributed by atoms with Crippen LogP contribution in [0.5, 0.6) is 5.88 Å². The van der Waals surface area contributed by atoms with Gasteiger partial charge < -0.3 is 15.8 Å². The fraction of sp³-hybridized carbons (Fsp3) is 0.231. The first-order valence-corrected chi connectivity index (χ1v) is 5.84. The molecule has 1 aromatic carbocycles. The number of hydrogen-bond acceptors (Lipinski definition) is 5. The summed E-state index contributed by atoms with van der Waals surface area (Å²) < 4.78 is 17.7. The van der Waals surface area contributed by atoms with Crippen molar-refractivity contribution in [2.24, 2.45) is 0 Å². The minimum atomic E-state index is -0.231. The molecule has 0 fully saturated rings. The molecule has 100 valence electrons. The van der Waals surface area contributed by atoms with Gasteiger partial charge in [0.15, 0.2) is 0 Å². The lowest BCUT2D eigenvalue weighted by molar-refractivity contribution is 0.398. The highest BCUT2D eigenvalue weighted by atomic mass is 19.1. The van der Waals surface area contributed by atoms with Crippen LogP contribution in [-0.2, 0) is 6.42 Å². The van der Waals surface area contributed by atoms with Crippen LogP contribution in [0.15, 0.2) is 30.3 Å². The van der Waals surface area contributed by atoms with Crippen LogP contribution in [0.4, 0.5) is 16.2 Å². The predicted molar refractivity (Wildman–Crippen MR) is 71.6 cm³/mol. The van der Waals surface area contributed by atoms with Crippen molar-refractivity contribution in [3.63, 3.8) is 0 Å². The highest BCUT2D eigenvalue weighted by molar-refractivity contribution is 5.42. The van der Waals surface area contributed by atoms with Gasteiger partial charge in [-0.15, -0.1) is 0 Å². The Morgan fingerprint density at radius 3 is 2.68 bits per heavy atom. The molecule has 3 N–H and O–H groups in total. The van der Waals surface area contributed by atoms with Gasteiger partial charge in [0, 0.05) is 12.6 Å². The van der Waals surface area contributed by atoms with Gasteiger partial charge in [0.05, 0.1) is 7.11 Å². The lowest BCUT2D eigenvalue weighted by Gasteiger charge is -2.07. The molecule has 0 bridgehead atoms. The van der Waals surface area contributed by atoms with Gasteiger partial charge in [0.2, 0.25) is 11.8 Å². The van der Waals surface area contributed by atoms with Crippen LogP contribution >= 0.6 is 0 Å². The summed E-state index contributed by atoms with van der Waals surface area (Å²) in [6.45, 7) is 0.658. The zero-order valence-electron chi connectivity index (χ0n) is 10.6. The summed E-state index contributed by atoms with van der Waals surface area (Å²) in [7, 11) is 1.52. The number of ether oxygens (including phenoxy) is 1. The number of methoxy groups -OCH3 is 1. The molecular weight excluding hydrogens is 247 g/mol. The number of rotatable bonds is 5. The Balaban J connectivity index is 1.92. The molecule has 0 spiro atoms. The van der Waals surface area contributed by atoms with E-state index in [0.29, 0.717) is 18.2 Å². The van der Waals surface area contributed by atoms with Gasteiger partial charge in [0.1, 0.15) is 11.6 Å². The topological polar surface area (TPSA) is 73.1 Å². The third-order valence-corrected chi connectivity index (χ3v) is 2.56. The van der Waals surface area contributed by atoms with Gasteiger partial charge in [-0.2, -0.15) is 9.97 Å². The highest BCUT2D eigenvalue weighted by Gasteiger charge is 2.02. The fourth-order valence-corrected chi connectivity index (χ4v) is 1.62. The van der Waals surface area contributed by atoms with E-state index < -0.39 is 0 Å². The van der Waals surface area contributed by atoms with Gasteiger partial charge >= 0.3 is 0 Å². The van der Waals surface area contributed by atoms with Gasteiger partial charge in [0.25, 0.3) is 0 Å². The Bertz CT molecular complexity index is 545. The molecule has 0 atom stereocenters. The van der Waals surface area contributed by atoms with Crippen molar-refractivity contribution in [2.75, 3.05) is 24.7 Å². The van der Waals surface area contributed by atoms with Crippen molar-refractivity contribution >= 4 is 11.8 Å². The maximum Gasteiger partial charge on any atom is 0.225 e. The molecule has 2 aromatic rings. The number of halogens is 1. The third kappa shape index (κ3) is 3.80. The summed E-state index contributed by atoms with van der Waals surface area (Å²) in [6, 6.07) is 8.07. The van der Waals surface area contributed by atoms with E-state index in [1.165, 1.54) is 19.2 Å². The van der Waals surface area contributed by atoms with Crippen molar-refractivity contribution in [3.8, 4) is 5.88 Å². The molecule has 0 saturated heterocycles. The summed E-state index contributed by atoms with van der Waals surface area (Å²) in [6.07, 6.45) is 0.756. The fourth-order valence-electron chi connectivity index (χ4n) is 1.62. The molecule has 6 heteroatoms. The minimum Gasteiger partial charge on any atom is -0.481 e. The van der Waals surface area contributed by atoms with Crippen LogP contribution in [0.2, 0.25) is 0 Å². The smallest absolute Gasteiger partial charge is 0.225 e. The van der Waals surface area contributed by atoms with Crippen LogP contribution in [0.25, 0.3) is 0 Å². The molecule has 0 aliphatic rings. The van der Waals surface area contributed by atoms with Crippen LogP contribution in [0.3, 0.4) is 0 Å². The number of aromatic nitrogens is 2. The summed E-state index contributed by atoms with van der Waals surface area (Å²) in [5.41, 5.74) is 6.59. The van der Waals surface area contributed by atoms with E-state index in [4.69, 9.17) is 10.5 Å². The van der Waals surface area contributed by atoms with Gasteiger partial charge in [-0.25, -0.2) is 4.39 Å². The lowest BCUT2D eigenvalue weighted by atomic mass is 10.1. The second-order valence-corrected chi connectivity index (χ2v) is 3.96. The standard InChI is InChI=1S/C13H15FN4O/c1-19-12-8-11(17-13(15)18-12)16-7-6-9-2-4-10(14)5-3-9/h2-5,8H,6-7H2,1H3,(H3,15,16,17,18). The van der Waals surface area contributed by atoms with Crippen LogP contribution in [-0.4, -0.2) is 23.6 Å². The Hall–Kier alpha value is -2.37. The summed E-state index contributed by atoms with van der Waals surface area (Å²) in [5.74, 6) is 0.942. The van der Waals surface area contributed by atoms with Crippen molar-refractivity contribution < 1.29 is 9.13 Å². The lowest BCUT2D eigenvalue weighted by Crippen LogP contribution is -2.08. The number of hydrogen-bond donors (Lipinski definition) is 2. The number of nitrogen functional groups attached to an aromatic ring is 1. The maximum atomic E-state index is 12.7. The van der Waals surface area contributed by atoms with E-state index in [-0.39, 0.29) is 11.8 Å². The van der Waals surface area contributed by atoms with Gasteiger partial charge in [-0.1, -0.05) is 12.1 Å². The second kappa shape index (κ2) is 5.99. The summed E-state index contributed by atoms with van der Waals surface area (Å²) in [4.78, 5) is 7.93. The quantitative estimate of drug-likeness (QED) is 0.860. The average Bonchev–Trinajstić information content (AvgIpc) is 2.40. The number of nitrogens with zero attached hydrogens (tertiary/aromatic N) is 2. The molecule has 0 radical (unpaired) electrons. The minimum absolute atomic E-state index is 0.156. The van der Waals surface area contributed by atoms with E-state index in [2.05, 4.69) is 15.3 Å². The van der Waals surface area contributed by atoms with E-state index in [1.807, 2.05) is 0 Å². The Morgan fingerprint density at radius 1 is 1.26 bits per heavy atom. The predicted octanol–water partition coefficient (Wildman–Crippen LogP) is 1.86. The normalized spacial score (nSPS) is 10.2. The zero-order valence-corrected chi connectivity index (χ0v) is 10.6. The molecule has 0 saturated carbocycles. The Labute approximate surface area is 110 Å². The first kappa shape index (κ1) is 13.1. The third-order valence-electron chi connectivity index (χ3n) is 2.56. The molecular formula is C13H15FN4O. The first-order valence-electron chi connectivity index (χ1n) is 5.84. The molecule has 5 nitrogen and oxygen atoms in total. The Kier molecular flexibility index (Phi) is 4.12. The van der Waals surface area contributed by atoms with Gasteiger partial charge in [-0.05, 0) is 24.1 Å². The van der Waals surface area contributed by atoms with E-state index in [1.54, 1.807) is 18.2 Å². The molecule has 0 aliphatic heterocycles. The average molecular weight is 262 g/mol. The monoisotopic (exact) mass is 262 g/mol. The van der Waals surface area contributed by atoms with Crippen molar-refractivity contribution in [1.82, 2.24) is 9.97 Å². The second-order valence-electron chi connectivity index (χ2n) is 3.96. The largest absolute Gasteiger partial charge is 0.481 e. The molecule has 1 aromatic heterocycles. The molecule has 1 heterocycles. The van der Waals surface area contributed by atoms with Crippen LogP contribution in [0.1, 0.15) is 5.56 Å². The summed E-state index contributed by atoms with van der Waals surface area (Å²) in [5, 5.41) is 3.12. The molecule has 19 heavy (non-hydrogen) atoms. The highest BCUT2D eigenvalue weighted by Crippen LogP contribution is 2.14. The van der Waals surface area contributed by atoms with Crippen molar-refractivity contribution in [3.05, 3.63) is 41.7 Å². The number of benzene rings is 1. The van der Waals surface area contributed by atoms with Crippen LogP contribution < -0.4 is 15.8 Å². The number of nitrogens with two attached hydrogens (primary N) is 1. The molecule has 0 unspecified atom stereocenters. The molecule has 0 amide bonds. The van der Waals surface area contributed by atoms with Crippen molar-refractivity contribution in [2.45, 2.75) is 6.42 Å². The maximum absolute atomic E-state index is 12.7. The van der Waals surface area contributed by atoms with E-state index in [0.717, 1.165) is 12.0 Å². The van der Waals surface area contributed by atoms with E-state index >= 15 is 0 Å². The zero-order chi connectivity index (χ0) is 13.7. The first-order chi connectivity index (χ1) is 9.17. The van der Waals surface area contributed by atoms with Crippen LogP contribution in [0, 0.1) is 5.82 Å². The Morgan fingerprint density at radius 2 is 2.00 bits per heavy atom. The summed E-state index contributed by atoms with van der Waals surface area (Å²) >= 11 is 0.